The largest absolute Gasteiger partial charge is 0.471 e. The number of rotatable bonds is 8. The topological polar surface area (TPSA) is 61.8 Å². The van der Waals surface area contributed by atoms with Crippen LogP contribution in [0.1, 0.15) is 0 Å². The van der Waals surface area contributed by atoms with Crippen LogP contribution < -0.4 is 0 Å². The van der Waals surface area contributed by atoms with Gasteiger partial charge in [-0.25, -0.2) is 18.4 Å². The van der Waals surface area contributed by atoms with Gasteiger partial charge in [-0.2, -0.15) is 105 Å². The summed E-state index contributed by atoms with van der Waals surface area (Å²) in [6.07, 6.45) is -66.4. The van der Waals surface area contributed by atoms with Crippen molar-refractivity contribution in [1.82, 2.24) is 0 Å². The van der Waals surface area contributed by atoms with Gasteiger partial charge in [-0.3, -0.25) is 4.74 Å². The second-order valence-corrected chi connectivity index (χ2v) is 7.41. The first-order chi connectivity index (χ1) is 19.0. The molecule has 0 fully saturated rings. The highest BCUT2D eigenvalue weighted by Gasteiger charge is 2.88. The molecule has 0 aliphatic heterocycles. The van der Waals surface area contributed by atoms with Crippen LogP contribution in [0.3, 0.4) is 0 Å². The molecular formula is C14F26O5. The van der Waals surface area contributed by atoms with E-state index in [-0.39, 0.29) is 0 Å². The van der Waals surface area contributed by atoms with Crippen molar-refractivity contribution in [3.05, 3.63) is 0 Å². The first-order valence-electron chi connectivity index (χ1n) is 9.05. The molecule has 0 saturated carbocycles. The molecule has 0 aromatic rings. The molecule has 0 saturated heterocycles. The normalized spacial score (nSPS) is 18.2. The second-order valence-electron chi connectivity index (χ2n) is 7.41. The van der Waals surface area contributed by atoms with E-state index < -0.39 is 84.3 Å². The quantitative estimate of drug-likeness (QED) is 0.192. The van der Waals surface area contributed by atoms with Crippen LogP contribution in [0.4, 0.5) is 114 Å². The standard InChI is InChI=1S/C14F26O5/c15-3(7(19,20)21,8(22,23)24)1(41)43-5(17,11(31,32)33)14(39,40)45-6(18,12(34,35)36)13(37,38)44-2(42)4(16,9(25,26)27)10(28,29)30. The molecule has 0 aliphatic rings. The number of alkyl halides is 26. The van der Waals surface area contributed by atoms with Crippen LogP contribution in [0.25, 0.3) is 0 Å². The number of hydrogen-bond acceptors (Lipinski definition) is 5. The molecule has 0 aliphatic carbocycles. The third kappa shape index (κ3) is 6.66. The third-order valence-corrected chi connectivity index (χ3v) is 4.33. The Morgan fingerprint density at radius 3 is 0.778 bits per heavy atom. The number of ether oxygens (including phenoxy) is 3. The second kappa shape index (κ2) is 10.8. The fourth-order valence-electron chi connectivity index (χ4n) is 2.04. The van der Waals surface area contributed by atoms with Crippen molar-refractivity contribution in [3.8, 4) is 0 Å². The molecule has 2 unspecified atom stereocenters. The smallest absolute Gasteiger partial charge is 0.410 e. The number of carbonyl (C=O) groups excluding carboxylic acids is 2. The van der Waals surface area contributed by atoms with Gasteiger partial charge in [0.2, 0.25) is 0 Å². The van der Waals surface area contributed by atoms with Gasteiger partial charge in [0, 0.05) is 0 Å². The summed E-state index contributed by atoms with van der Waals surface area (Å²) in [6, 6.07) is 0. The maximum Gasteiger partial charge on any atom is 0.471 e. The Morgan fingerprint density at radius 1 is 0.311 bits per heavy atom. The summed E-state index contributed by atoms with van der Waals surface area (Å²) < 4.78 is 340. The van der Waals surface area contributed by atoms with Crippen molar-refractivity contribution in [1.29, 1.82) is 0 Å². The molecule has 31 heteroatoms. The molecular weight excluding hydrogens is 742 g/mol. The van der Waals surface area contributed by atoms with E-state index >= 15 is 0 Å². The summed E-state index contributed by atoms with van der Waals surface area (Å²) in [6.45, 7) is 0. The Labute approximate surface area is 223 Å². The first kappa shape index (κ1) is 42.1. The third-order valence-electron chi connectivity index (χ3n) is 4.33. The van der Waals surface area contributed by atoms with Gasteiger partial charge >= 0.3 is 84.3 Å². The fourth-order valence-corrected chi connectivity index (χ4v) is 2.04. The van der Waals surface area contributed by atoms with Crippen molar-refractivity contribution >= 4 is 11.9 Å². The predicted octanol–water partition coefficient (Wildman–Crippen LogP) is 7.40. The van der Waals surface area contributed by atoms with E-state index in [1.165, 1.54) is 9.47 Å². The van der Waals surface area contributed by atoms with E-state index in [1.807, 2.05) is 0 Å². The minimum absolute atomic E-state index is 1.02. The highest BCUT2D eigenvalue weighted by molar-refractivity contribution is 5.82. The van der Waals surface area contributed by atoms with Crippen molar-refractivity contribution < 1.29 is 138 Å². The lowest BCUT2D eigenvalue weighted by Gasteiger charge is -2.40. The van der Waals surface area contributed by atoms with E-state index in [2.05, 4.69) is 0 Å². The molecule has 268 valence electrons. The maximum atomic E-state index is 14.1. The minimum atomic E-state index is -8.82. The van der Waals surface area contributed by atoms with Gasteiger partial charge in [0.1, 0.15) is 0 Å². The van der Waals surface area contributed by atoms with Gasteiger partial charge < -0.3 is 9.47 Å². The summed E-state index contributed by atoms with van der Waals surface area (Å²) in [4.78, 5) is 21.8. The number of carbonyl (C=O) groups is 2. The number of esters is 2. The van der Waals surface area contributed by atoms with Crippen LogP contribution in [0.2, 0.25) is 0 Å². The summed E-state index contributed by atoms with van der Waals surface area (Å²) in [5, 5.41) is 0. The van der Waals surface area contributed by atoms with Gasteiger partial charge in [-0.15, -0.1) is 0 Å². The van der Waals surface area contributed by atoms with Gasteiger partial charge in [-0.1, -0.05) is 0 Å². The van der Waals surface area contributed by atoms with Crippen molar-refractivity contribution in [3.63, 3.8) is 0 Å². The first-order valence-corrected chi connectivity index (χ1v) is 9.05. The van der Waals surface area contributed by atoms with E-state index in [0.29, 0.717) is 0 Å². The van der Waals surface area contributed by atoms with E-state index in [1.54, 1.807) is 0 Å². The molecule has 0 rings (SSSR count). The van der Waals surface area contributed by atoms with Crippen molar-refractivity contribution in [2.24, 2.45) is 0 Å². The van der Waals surface area contributed by atoms with Crippen LogP contribution in [-0.2, 0) is 23.8 Å². The zero-order chi connectivity index (χ0) is 37.3. The van der Waals surface area contributed by atoms with Crippen LogP contribution in [0.5, 0.6) is 0 Å². The number of halogens is 26. The highest BCUT2D eigenvalue weighted by atomic mass is 19.4. The number of hydrogen-bond donors (Lipinski definition) is 0. The average Bonchev–Trinajstić information content (AvgIpc) is 2.71. The molecule has 0 radical (unpaired) electrons. The maximum absolute atomic E-state index is 14.1. The van der Waals surface area contributed by atoms with Crippen LogP contribution in [0, 0.1) is 0 Å². The predicted molar refractivity (Wildman–Crippen MR) is 74.8 cm³/mol. The Hall–Kier alpha value is -2.92. The molecule has 0 N–H and O–H groups in total. The lowest BCUT2D eigenvalue weighted by Crippen LogP contribution is -2.70. The van der Waals surface area contributed by atoms with Crippen LogP contribution >= 0.6 is 0 Å². The van der Waals surface area contributed by atoms with Gasteiger partial charge in [0.15, 0.2) is 0 Å². The Bertz CT molecular complexity index is 1080. The van der Waals surface area contributed by atoms with E-state index in [0.717, 1.165) is 4.74 Å². The molecule has 0 bridgehead atoms. The van der Waals surface area contributed by atoms with Gasteiger partial charge in [0.05, 0.1) is 0 Å². The van der Waals surface area contributed by atoms with E-state index in [9.17, 15) is 124 Å². The van der Waals surface area contributed by atoms with Gasteiger partial charge in [0.25, 0.3) is 0 Å². The zero-order valence-corrected chi connectivity index (χ0v) is 18.9. The van der Waals surface area contributed by atoms with Crippen molar-refractivity contribution in [2.75, 3.05) is 0 Å². The molecule has 0 spiro atoms. The summed E-state index contributed by atoms with van der Waals surface area (Å²) in [5.41, 5.74) is -16.1. The summed E-state index contributed by atoms with van der Waals surface area (Å²) in [5.74, 6) is -28.6. The van der Waals surface area contributed by atoms with Crippen molar-refractivity contribution in [2.45, 2.75) is 72.3 Å². The molecule has 0 heterocycles. The Morgan fingerprint density at radius 2 is 0.556 bits per heavy atom. The lowest BCUT2D eigenvalue weighted by atomic mass is 10.1. The molecule has 45 heavy (non-hydrogen) atoms. The lowest BCUT2D eigenvalue weighted by molar-refractivity contribution is -0.537. The fraction of sp³-hybridized carbons (Fsp3) is 0.857. The molecule has 5 nitrogen and oxygen atoms in total. The van der Waals surface area contributed by atoms with E-state index in [4.69, 9.17) is 0 Å². The Kier molecular flexibility index (Phi) is 10.1. The SMILES string of the molecule is O=C(OC(F)(F)C(F)(OC(F)(F)C(F)(OC(=O)C(F)(C(F)(F)F)C(F)(F)F)C(F)(F)F)C(F)(F)F)C(F)(C(F)(F)F)C(F)(F)F. The monoisotopic (exact) mass is 742 g/mol. The highest BCUT2D eigenvalue weighted by Crippen LogP contribution is 2.57. The summed E-state index contributed by atoms with van der Waals surface area (Å²) in [7, 11) is 0. The molecule has 0 aromatic heterocycles. The Balaban J connectivity index is 7.35. The van der Waals surface area contributed by atoms with Gasteiger partial charge in [-0.05, 0) is 0 Å². The molecule has 2 atom stereocenters. The zero-order valence-electron chi connectivity index (χ0n) is 18.9. The molecule has 0 aromatic carbocycles. The molecule has 0 amide bonds. The average molecular weight is 742 g/mol. The summed E-state index contributed by atoms with van der Waals surface area (Å²) >= 11 is 0. The van der Waals surface area contributed by atoms with Crippen LogP contribution in [-0.4, -0.2) is 84.3 Å². The minimum Gasteiger partial charge on any atom is -0.410 e. The van der Waals surface area contributed by atoms with Crippen LogP contribution in [0.15, 0.2) is 0 Å².